The number of methoxy groups -OCH3 is 1. The van der Waals surface area contributed by atoms with Crippen molar-refractivity contribution in [2.75, 3.05) is 12.4 Å². The van der Waals surface area contributed by atoms with Crippen LogP contribution in [0, 0.1) is 0 Å². The van der Waals surface area contributed by atoms with Crippen LogP contribution in [0.5, 0.6) is 5.75 Å². The summed E-state index contributed by atoms with van der Waals surface area (Å²) in [5.74, 6) is 0.534. The van der Waals surface area contributed by atoms with Gasteiger partial charge in [0.25, 0.3) is 0 Å². The first-order chi connectivity index (χ1) is 9.69. The van der Waals surface area contributed by atoms with Gasteiger partial charge in [0.15, 0.2) is 0 Å². The predicted molar refractivity (Wildman–Crippen MR) is 82.7 cm³/mol. The number of benzene rings is 2. The minimum absolute atomic E-state index is 0.115. The van der Waals surface area contributed by atoms with Crippen molar-refractivity contribution in [1.82, 2.24) is 0 Å². The lowest BCUT2D eigenvalue weighted by molar-refractivity contribution is -0.114. The zero-order valence-electron chi connectivity index (χ0n) is 11.6. The first-order valence-electron chi connectivity index (χ1n) is 6.38. The van der Waals surface area contributed by atoms with Gasteiger partial charge in [-0.2, -0.15) is 0 Å². The second-order valence-corrected chi connectivity index (χ2v) is 4.38. The smallest absolute Gasteiger partial charge is 0.221 e. The number of carbonyl (C=O) groups is 1. The lowest BCUT2D eigenvalue weighted by atomic mass is 10.1. The lowest BCUT2D eigenvalue weighted by Gasteiger charge is -2.09. The standard InChI is InChI=1S/C17H17NO2/c1-13(19)18-16-11-10-15(12-17(16)20-2)9-8-14-6-4-3-5-7-14/h3-12H,1-2H3,(H,18,19)/b9-8+. The van der Waals surface area contributed by atoms with Crippen LogP contribution < -0.4 is 10.1 Å². The van der Waals surface area contributed by atoms with E-state index in [0.29, 0.717) is 11.4 Å². The van der Waals surface area contributed by atoms with E-state index >= 15 is 0 Å². The molecule has 0 saturated carbocycles. The van der Waals surface area contributed by atoms with Crippen molar-refractivity contribution >= 4 is 23.7 Å². The molecule has 0 radical (unpaired) electrons. The summed E-state index contributed by atoms with van der Waals surface area (Å²) in [7, 11) is 1.59. The molecule has 3 nitrogen and oxygen atoms in total. The van der Waals surface area contributed by atoms with Crippen molar-refractivity contribution in [1.29, 1.82) is 0 Å². The van der Waals surface area contributed by atoms with Gasteiger partial charge < -0.3 is 10.1 Å². The summed E-state index contributed by atoms with van der Waals surface area (Å²) in [5, 5.41) is 2.74. The van der Waals surface area contributed by atoms with Gasteiger partial charge in [0.1, 0.15) is 5.75 Å². The highest BCUT2D eigenvalue weighted by Gasteiger charge is 2.04. The highest BCUT2D eigenvalue weighted by atomic mass is 16.5. The molecule has 0 spiro atoms. The fraction of sp³-hybridized carbons (Fsp3) is 0.118. The normalized spacial score (nSPS) is 10.5. The molecule has 3 heteroatoms. The summed E-state index contributed by atoms with van der Waals surface area (Å²) in [4.78, 5) is 11.1. The van der Waals surface area contributed by atoms with Crippen LogP contribution in [0.4, 0.5) is 5.69 Å². The maximum absolute atomic E-state index is 11.1. The molecule has 0 fully saturated rings. The molecule has 0 aliphatic carbocycles. The fourth-order valence-corrected chi connectivity index (χ4v) is 1.86. The topological polar surface area (TPSA) is 38.3 Å². The Balaban J connectivity index is 2.21. The number of hydrogen-bond acceptors (Lipinski definition) is 2. The van der Waals surface area contributed by atoms with E-state index in [1.54, 1.807) is 7.11 Å². The molecule has 2 rings (SSSR count). The van der Waals surface area contributed by atoms with Gasteiger partial charge in [0.2, 0.25) is 5.91 Å². The summed E-state index contributed by atoms with van der Waals surface area (Å²) in [6, 6.07) is 15.7. The van der Waals surface area contributed by atoms with Crippen LogP contribution in [-0.4, -0.2) is 13.0 Å². The number of carbonyl (C=O) groups excluding carboxylic acids is 1. The molecule has 0 aromatic heterocycles. The van der Waals surface area contributed by atoms with Crippen molar-refractivity contribution < 1.29 is 9.53 Å². The maximum atomic E-state index is 11.1. The number of hydrogen-bond donors (Lipinski definition) is 1. The van der Waals surface area contributed by atoms with Crippen LogP contribution in [0.15, 0.2) is 48.5 Å². The van der Waals surface area contributed by atoms with E-state index in [9.17, 15) is 4.79 Å². The van der Waals surface area contributed by atoms with Crippen LogP contribution in [-0.2, 0) is 4.79 Å². The molecule has 0 saturated heterocycles. The van der Waals surface area contributed by atoms with E-state index in [4.69, 9.17) is 4.74 Å². The Morgan fingerprint density at radius 2 is 1.75 bits per heavy atom. The lowest BCUT2D eigenvalue weighted by Crippen LogP contribution is -2.07. The molecule has 1 amide bonds. The van der Waals surface area contributed by atoms with Crippen LogP contribution in [0.1, 0.15) is 18.1 Å². The van der Waals surface area contributed by atoms with Crippen molar-refractivity contribution in [3.63, 3.8) is 0 Å². The molecule has 0 bridgehead atoms. The molecular formula is C17H17NO2. The van der Waals surface area contributed by atoms with E-state index in [1.165, 1.54) is 6.92 Å². The van der Waals surface area contributed by atoms with E-state index in [2.05, 4.69) is 5.32 Å². The number of nitrogens with one attached hydrogen (secondary N) is 1. The first-order valence-corrected chi connectivity index (χ1v) is 6.38. The Hall–Kier alpha value is -2.55. The minimum Gasteiger partial charge on any atom is -0.495 e. The summed E-state index contributed by atoms with van der Waals surface area (Å²) in [6.07, 6.45) is 4.04. The highest BCUT2D eigenvalue weighted by molar-refractivity contribution is 5.90. The Morgan fingerprint density at radius 3 is 2.40 bits per heavy atom. The van der Waals surface area contributed by atoms with Crippen LogP contribution in [0.3, 0.4) is 0 Å². The Labute approximate surface area is 118 Å². The Bertz CT molecular complexity index is 618. The summed E-state index contributed by atoms with van der Waals surface area (Å²) in [6.45, 7) is 1.47. The third-order valence-corrected chi connectivity index (χ3v) is 2.80. The Morgan fingerprint density at radius 1 is 1.05 bits per heavy atom. The van der Waals surface area contributed by atoms with Gasteiger partial charge >= 0.3 is 0 Å². The monoisotopic (exact) mass is 267 g/mol. The van der Waals surface area contributed by atoms with Gasteiger partial charge in [-0.05, 0) is 23.3 Å². The molecule has 0 heterocycles. The van der Waals surface area contributed by atoms with Gasteiger partial charge in [-0.3, -0.25) is 4.79 Å². The average Bonchev–Trinajstić information content (AvgIpc) is 2.46. The van der Waals surface area contributed by atoms with Crippen LogP contribution >= 0.6 is 0 Å². The van der Waals surface area contributed by atoms with Crippen molar-refractivity contribution in [2.24, 2.45) is 0 Å². The summed E-state index contributed by atoms with van der Waals surface area (Å²) >= 11 is 0. The van der Waals surface area contributed by atoms with Gasteiger partial charge in [-0.15, -0.1) is 0 Å². The molecular weight excluding hydrogens is 250 g/mol. The first kappa shape index (κ1) is 13.9. The van der Waals surface area contributed by atoms with Gasteiger partial charge in [0.05, 0.1) is 12.8 Å². The number of amides is 1. The third kappa shape index (κ3) is 3.72. The van der Waals surface area contributed by atoms with Gasteiger partial charge in [0, 0.05) is 6.92 Å². The quantitative estimate of drug-likeness (QED) is 0.855. The molecule has 0 unspecified atom stereocenters. The van der Waals surface area contributed by atoms with Crippen molar-refractivity contribution in [2.45, 2.75) is 6.92 Å². The number of ether oxygens (including phenoxy) is 1. The number of rotatable bonds is 4. The second kappa shape index (κ2) is 6.57. The van der Waals surface area contributed by atoms with Crippen molar-refractivity contribution in [3.05, 3.63) is 59.7 Å². The number of anilines is 1. The zero-order chi connectivity index (χ0) is 14.4. The maximum Gasteiger partial charge on any atom is 0.221 e. The van der Waals surface area contributed by atoms with E-state index in [-0.39, 0.29) is 5.91 Å². The summed E-state index contributed by atoms with van der Waals surface area (Å²) < 4.78 is 5.29. The Kier molecular flexibility index (Phi) is 4.56. The molecule has 20 heavy (non-hydrogen) atoms. The largest absolute Gasteiger partial charge is 0.495 e. The SMILES string of the molecule is COc1cc(/C=C/c2ccccc2)ccc1NC(C)=O. The molecule has 0 atom stereocenters. The molecule has 2 aromatic carbocycles. The van der Waals surface area contributed by atoms with E-state index < -0.39 is 0 Å². The molecule has 2 aromatic rings. The average molecular weight is 267 g/mol. The summed E-state index contributed by atoms with van der Waals surface area (Å²) in [5.41, 5.74) is 2.83. The second-order valence-electron chi connectivity index (χ2n) is 4.38. The zero-order valence-corrected chi connectivity index (χ0v) is 11.6. The van der Waals surface area contributed by atoms with Crippen molar-refractivity contribution in [3.8, 4) is 5.75 Å². The van der Waals surface area contributed by atoms with E-state index in [0.717, 1.165) is 11.1 Å². The van der Waals surface area contributed by atoms with E-state index in [1.807, 2.05) is 60.7 Å². The molecule has 0 aliphatic heterocycles. The van der Waals surface area contributed by atoms with Gasteiger partial charge in [-0.25, -0.2) is 0 Å². The molecule has 0 aliphatic rings. The van der Waals surface area contributed by atoms with Gasteiger partial charge in [-0.1, -0.05) is 48.6 Å². The molecule has 102 valence electrons. The van der Waals surface area contributed by atoms with Crippen LogP contribution in [0.2, 0.25) is 0 Å². The molecule has 1 N–H and O–H groups in total. The third-order valence-electron chi connectivity index (χ3n) is 2.80. The fourth-order valence-electron chi connectivity index (χ4n) is 1.86. The highest BCUT2D eigenvalue weighted by Crippen LogP contribution is 2.26. The minimum atomic E-state index is -0.115. The predicted octanol–water partition coefficient (Wildman–Crippen LogP) is 3.82. The van der Waals surface area contributed by atoms with Crippen LogP contribution in [0.25, 0.3) is 12.2 Å².